The van der Waals surface area contributed by atoms with Crippen molar-refractivity contribution in [3.63, 3.8) is 0 Å². The van der Waals surface area contributed by atoms with Crippen molar-refractivity contribution >= 4 is 22.8 Å². The van der Waals surface area contributed by atoms with E-state index in [1.165, 1.54) is 0 Å². The molecule has 1 heterocycles. The number of hydrogen-bond donors (Lipinski definition) is 3. The largest absolute Gasteiger partial charge is 0.479 e. The second-order valence-electron chi connectivity index (χ2n) is 6.81. The van der Waals surface area contributed by atoms with E-state index in [4.69, 9.17) is 4.74 Å². The zero-order valence-electron chi connectivity index (χ0n) is 14.1. The molecule has 2 atom stereocenters. The van der Waals surface area contributed by atoms with Crippen molar-refractivity contribution in [2.45, 2.75) is 38.8 Å². The molecule has 1 saturated carbocycles. The molecule has 0 unspecified atom stereocenters. The van der Waals surface area contributed by atoms with Gasteiger partial charge in [-0.3, -0.25) is 4.79 Å². The quantitative estimate of drug-likeness (QED) is 0.786. The lowest BCUT2D eigenvalue weighted by Gasteiger charge is -2.58. The van der Waals surface area contributed by atoms with Gasteiger partial charge in [0.2, 0.25) is 0 Å². The molecule has 128 valence electrons. The van der Waals surface area contributed by atoms with Gasteiger partial charge >= 0.3 is 5.97 Å². The summed E-state index contributed by atoms with van der Waals surface area (Å²) < 4.78 is 5.61. The van der Waals surface area contributed by atoms with Gasteiger partial charge in [-0.2, -0.15) is 0 Å². The number of nitrogens with one attached hydrogen (secondary N) is 2. The predicted octanol–water partition coefficient (Wildman–Crippen LogP) is 2.56. The van der Waals surface area contributed by atoms with Crippen molar-refractivity contribution in [1.82, 2.24) is 10.3 Å². The van der Waals surface area contributed by atoms with Crippen LogP contribution in [0.5, 0.6) is 0 Å². The average molecular weight is 330 g/mol. The highest BCUT2D eigenvalue weighted by molar-refractivity contribution is 6.01. The zero-order valence-corrected chi connectivity index (χ0v) is 14.1. The van der Waals surface area contributed by atoms with E-state index in [0.717, 1.165) is 10.9 Å². The van der Waals surface area contributed by atoms with Crippen LogP contribution in [0.3, 0.4) is 0 Å². The number of carboxylic acid groups (broad SMARTS) is 1. The Hall–Kier alpha value is -2.34. The molecule has 0 saturated heterocycles. The number of carbonyl (C=O) groups is 2. The van der Waals surface area contributed by atoms with Crippen molar-refractivity contribution < 1.29 is 19.4 Å². The van der Waals surface area contributed by atoms with Crippen LogP contribution in [0.1, 0.15) is 37.6 Å². The molecule has 1 aromatic carbocycles. The lowest BCUT2D eigenvalue weighted by atomic mass is 9.54. The van der Waals surface area contributed by atoms with E-state index in [9.17, 15) is 14.7 Å². The van der Waals surface area contributed by atoms with Gasteiger partial charge in [0.05, 0.1) is 6.10 Å². The van der Waals surface area contributed by atoms with Crippen molar-refractivity contribution in [1.29, 1.82) is 0 Å². The van der Waals surface area contributed by atoms with Crippen LogP contribution in [-0.4, -0.2) is 40.2 Å². The third-order valence-corrected chi connectivity index (χ3v) is 5.27. The molecular formula is C18H22N2O4. The molecule has 0 bridgehead atoms. The van der Waals surface area contributed by atoms with Crippen LogP contribution < -0.4 is 5.32 Å². The number of aliphatic carboxylic acids is 1. The molecule has 3 rings (SSSR count). The third-order valence-electron chi connectivity index (χ3n) is 5.27. The SMILES string of the molecule is CCO[C@@H]1C[C@](NC(=O)c2ccc3[nH]ccc3c2)(C(=O)O)C1(C)C. The van der Waals surface area contributed by atoms with Crippen molar-refractivity contribution in [2.24, 2.45) is 5.41 Å². The number of ether oxygens (including phenoxy) is 1. The standard InChI is InChI=1S/C18H22N2O4/c1-4-24-14-10-18(16(22)23,17(14,2)3)20-15(21)12-5-6-13-11(9-12)7-8-19-13/h5-9,14,19H,4,10H2,1-3H3,(H,20,21)(H,22,23)/t14-,18+/m1/s1. The number of hydrogen-bond acceptors (Lipinski definition) is 3. The molecule has 1 aliphatic carbocycles. The Bertz CT molecular complexity index is 795. The van der Waals surface area contributed by atoms with Gasteiger partial charge in [-0.1, -0.05) is 13.8 Å². The summed E-state index contributed by atoms with van der Waals surface area (Å²) in [6, 6.07) is 7.13. The summed E-state index contributed by atoms with van der Waals surface area (Å²) >= 11 is 0. The molecule has 1 amide bonds. The molecule has 0 aliphatic heterocycles. The number of aromatic nitrogens is 1. The molecule has 0 radical (unpaired) electrons. The molecular weight excluding hydrogens is 308 g/mol. The van der Waals surface area contributed by atoms with Gasteiger partial charge in [-0.05, 0) is 31.2 Å². The molecule has 1 aliphatic rings. The first-order chi connectivity index (χ1) is 11.3. The van der Waals surface area contributed by atoms with E-state index < -0.39 is 16.9 Å². The first-order valence-corrected chi connectivity index (χ1v) is 8.06. The summed E-state index contributed by atoms with van der Waals surface area (Å²) in [6.45, 7) is 6.03. The van der Waals surface area contributed by atoms with Gasteiger partial charge in [-0.15, -0.1) is 0 Å². The van der Waals surface area contributed by atoms with Gasteiger partial charge in [0.25, 0.3) is 5.91 Å². The van der Waals surface area contributed by atoms with Gasteiger partial charge in [0.15, 0.2) is 0 Å². The Morgan fingerprint density at radius 2 is 2.12 bits per heavy atom. The molecule has 3 N–H and O–H groups in total. The van der Waals surface area contributed by atoms with E-state index >= 15 is 0 Å². The molecule has 2 aromatic rings. The number of rotatable bonds is 5. The fraction of sp³-hybridized carbons (Fsp3) is 0.444. The number of amides is 1. The number of benzene rings is 1. The van der Waals surface area contributed by atoms with Gasteiger partial charge in [-0.25, -0.2) is 4.79 Å². The minimum absolute atomic E-state index is 0.189. The van der Waals surface area contributed by atoms with E-state index in [-0.39, 0.29) is 18.4 Å². The van der Waals surface area contributed by atoms with Crippen LogP contribution in [0.4, 0.5) is 0 Å². The molecule has 24 heavy (non-hydrogen) atoms. The molecule has 6 nitrogen and oxygen atoms in total. The van der Waals surface area contributed by atoms with Gasteiger partial charge in [0, 0.05) is 41.1 Å². The Balaban J connectivity index is 1.86. The van der Waals surface area contributed by atoms with Gasteiger partial charge < -0.3 is 20.1 Å². The monoisotopic (exact) mass is 330 g/mol. The zero-order chi connectivity index (χ0) is 17.5. The first kappa shape index (κ1) is 16.5. The predicted molar refractivity (Wildman–Crippen MR) is 89.9 cm³/mol. The third kappa shape index (κ3) is 2.29. The van der Waals surface area contributed by atoms with E-state index in [1.807, 2.05) is 32.9 Å². The lowest BCUT2D eigenvalue weighted by Crippen LogP contribution is -2.76. The fourth-order valence-electron chi connectivity index (χ4n) is 3.50. The summed E-state index contributed by atoms with van der Waals surface area (Å²) in [5.41, 5.74) is -0.641. The van der Waals surface area contributed by atoms with E-state index in [0.29, 0.717) is 12.2 Å². The number of carboxylic acids is 1. The lowest BCUT2D eigenvalue weighted by molar-refractivity contribution is -0.190. The Morgan fingerprint density at radius 1 is 1.38 bits per heavy atom. The Kier molecular flexibility index (Phi) is 3.87. The normalized spacial score (nSPS) is 25.2. The first-order valence-electron chi connectivity index (χ1n) is 8.06. The fourth-order valence-corrected chi connectivity index (χ4v) is 3.50. The smallest absolute Gasteiger partial charge is 0.330 e. The summed E-state index contributed by atoms with van der Waals surface area (Å²) in [5.74, 6) is -1.41. The maximum atomic E-state index is 12.6. The average Bonchev–Trinajstić information content (AvgIpc) is 3.00. The number of H-pyrrole nitrogens is 1. The highest BCUT2D eigenvalue weighted by Gasteiger charge is 2.66. The topological polar surface area (TPSA) is 91.4 Å². The van der Waals surface area contributed by atoms with E-state index in [1.54, 1.807) is 18.3 Å². The van der Waals surface area contributed by atoms with Crippen molar-refractivity contribution in [2.75, 3.05) is 6.61 Å². The molecule has 0 spiro atoms. The molecule has 1 aromatic heterocycles. The minimum atomic E-state index is -1.32. The van der Waals surface area contributed by atoms with Crippen molar-refractivity contribution in [3.05, 3.63) is 36.0 Å². The maximum absolute atomic E-state index is 12.6. The van der Waals surface area contributed by atoms with Crippen LogP contribution in [0, 0.1) is 5.41 Å². The van der Waals surface area contributed by atoms with Crippen LogP contribution in [-0.2, 0) is 9.53 Å². The van der Waals surface area contributed by atoms with Crippen LogP contribution in [0.15, 0.2) is 30.5 Å². The van der Waals surface area contributed by atoms with Crippen molar-refractivity contribution in [3.8, 4) is 0 Å². The Labute approximate surface area is 140 Å². The van der Waals surface area contributed by atoms with Crippen LogP contribution in [0.25, 0.3) is 10.9 Å². The molecule has 6 heteroatoms. The minimum Gasteiger partial charge on any atom is -0.479 e. The maximum Gasteiger partial charge on any atom is 0.330 e. The Morgan fingerprint density at radius 3 is 2.75 bits per heavy atom. The highest BCUT2D eigenvalue weighted by atomic mass is 16.5. The van der Waals surface area contributed by atoms with Crippen LogP contribution >= 0.6 is 0 Å². The van der Waals surface area contributed by atoms with E-state index in [2.05, 4.69) is 10.3 Å². The second kappa shape index (κ2) is 5.63. The number of aromatic amines is 1. The number of carbonyl (C=O) groups excluding carboxylic acids is 1. The summed E-state index contributed by atoms with van der Waals surface area (Å²) in [6.07, 6.45) is 1.87. The van der Waals surface area contributed by atoms with Crippen LogP contribution in [0.2, 0.25) is 0 Å². The number of fused-ring (bicyclic) bond motifs is 1. The summed E-state index contributed by atoms with van der Waals surface area (Å²) in [4.78, 5) is 27.6. The van der Waals surface area contributed by atoms with Gasteiger partial charge in [0.1, 0.15) is 5.54 Å². The highest BCUT2D eigenvalue weighted by Crippen LogP contribution is 2.51. The summed E-state index contributed by atoms with van der Waals surface area (Å²) in [7, 11) is 0. The second-order valence-corrected chi connectivity index (χ2v) is 6.81. The molecule has 1 fully saturated rings. The summed E-state index contributed by atoms with van der Waals surface area (Å²) in [5, 5.41) is 13.4.